The second kappa shape index (κ2) is 4.66. The molecule has 0 bridgehead atoms. The predicted molar refractivity (Wildman–Crippen MR) is 85.5 cm³/mol. The van der Waals surface area contributed by atoms with Crippen molar-refractivity contribution >= 4 is 22.7 Å². The lowest BCUT2D eigenvalue weighted by molar-refractivity contribution is -0.109. The molecule has 1 unspecified atom stereocenters. The first-order valence-electron chi connectivity index (χ1n) is 7.41. The van der Waals surface area contributed by atoms with Crippen LogP contribution in [-0.2, 0) is 11.2 Å². The largest absolute Gasteiger partial charge is 0.359 e. The van der Waals surface area contributed by atoms with Crippen LogP contribution < -0.4 is 4.90 Å². The Morgan fingerprint density at radius 3 is 2.59 bits per heavy atom. The number of hydrogen-bond acceptors (Lipinski definition) is 4. The van der Waals surface area contributed by atoms with Crippen LogP contribution in [0.2, 0.25) is 0 Å². The van der Waals surface area contributed by atoms with Crippen molar-refractivity contribution in [2.24, 2.45) is 0 Å². The van der Waals surface area contributed by atoms with Crippen molar-refractivity contribution in [3.63, 3.8) is 0 Å². The predicted octanol–water partition coefficient (Wildman–Crippen LogP) is 2.67. The molecule has 0 aliphatic carbocycles. The third-order valence-corrected chi connectivity index (χ3v) is 4.41. The molecule has 1 aliphatic rings. The zero-order chi connectivity index (χ0) is 15.3. The Morgan fingerprint density at radius 1 is 1.18 bits per heavy atom. The van der Waals surface area contributed by atoms with Crippen LogP contribution in [0.1, 0.15) is 24.4 Å². The normalized spacial score (nSPS) is 16.5. The van der Waals surface area contributed by atoms with E-state index in [0.29, 0.717) is 0 Å². The first-order valence-corrected chi connectivity index (χ1v) is 7.41. The van der Waals surface area contributed by atoms with Crippen molar-refractivity contribution in [2.75, 3.05) is 11.9 Å². The molecule has 1 atom stereocenters. The first kappa shape index (κ1) is 13.0. The van der Waals surface area contributed by atoms with Gasteiger partial charge in [0.05, 0.1) is 17.1 Å². The minimum atomic E-state index is -0.386. The monoisotopic (exact) mass is 292 g/mol. The van der Waals surface area contributed by atoms with Crippen LogP contribution in [0.15, 0.2) is 36.4 Å². The number of carbonyl (C=O) groups is 1. The van der Waals surface area contributed by atoms with E-state index < -0.39 is 0 Å². The number of benzene rings is 2. The summed E-state index contributed by atoms with van der Waals surface area (Å²) in [6, 6.07) is 11.9. The standard InChI is InChI=1S/C17H16N4O/c1-3-12-17-15(10-22)20(2)13-8-4-6-11-7-5-9-14(16(11)13)21(17)19-18-12/h4-10,15H,3H2,1-2H3. The highest BCUT2D eigenvalue weighted by Gasteiger charge is 2.30. The number of aryl methyl sites for hydroxylation is 1. The molecule has 3 aromatic rings. The number of rotatable bonds is 2. The summed E-state index contributed by atoms with van der Waals surface area (Å²) in [6.45, 7) is 2.03. The third-order valence-electron chi connectivity index (χ3n) is 4.41. The van der Waals surface area contributed by atoms with E-state index in [1.165, 1.54) is 0 Å². The van der Waals surface area contributed by atoms with Gasteiger partial charge in [0, 0.05) is 18.1 Å². The van der Waals surface area contributed by atoms with E-state index >= 15 is 0 Å². The molecule has 0 radical (unpaired) electrons. The fourth-order valence-electron chi connectivity index (χ4n) is 3.31. The average molecular weight is 292 g/mol. The molecule has 0 amide bonds. The number of carbonyl (C=O) groups excluding carboxylic acids is 1. The van der Waals surface area contributed by atoms with Crippen molar-refractivity contribution in [3.8, 4) is 5.69 Å². The summed E-state index contributed by atoms with van der Waals surface area (Å²) in [5, 5.41) is 10.8. The summed E-state index contributed by atoms with van der Waals surface area (Å²) < 4.78 is 1.83. The molecule has 1 aromatic heterocycles. The van der Waals surface area contributed by atoms with Crippen molar-refractivity contribution in [3.05, 3.63) is 47.8 Å². The van der Waals surface area contributed by atoms with Crippen molar-refractivity contribution in [1.29, 1.82) is 0 Å². The van der Waals surface area contributed by atoms with Gasteiger partial charge in [0.2, 0.25) is 0 Å². The number of likely N-dealkylation sites (N-methyl/N-ethyl adjacent to an activating group) is 1. The van der Waals surface area contributed by atoms with Crippen LogP contribution >= 0.6 is 0 Å². The number of anilines is 1. The number of aldehydes is 1. The quantitative estimate of drug-likeness (QED) is 0.681. The summed E-state index contributed by atoms with van der Waals surface area (Å²) in [6.07, 6.45) is 1.72. The van der Waals surface area contributed by atoms with E-state index in [1.54, 1.807) is 0 Å². The lowest BCUT2D eigenvalue weighted by Crippen LogP contribution is -2.26. The molecule has 2 aromatic carbocycles. The summed E-state index contributed by atoms with van der Waals surface area (Å²) in [5.74, 6) is 0. The van der Waals surface area contributed by atoms with Gasteiger partial charge in [-0.2, -0.15) is 0 Å². The summed E-state index contributed by atoms with van der Waals surface area (Å²) in [7, 11) is 1.95. The molecule has 5 heteroatoms. The molecule has 4 rings (SSSR count). The highest BCUT2D eigenvalue weighted by molar-refractivity contribution is 6.02. The van der Waals surface area contributed by atoms with E-state index in [-0.39, 0.29) is 6.04 Å². The molecular formula is C17H16N4O. The topological polar surface area (TPSA) is 51.0 Å². The van der Waals surface area contributed by atoms with Crippen LogP contribution in [0, 0.1) is 0 Å². The van der Waals surface area contributed by atoms with E-state index in [0.717, 1.165) is 46.2 Å². The van der Waals surface area contributed by atoms with Gasteiger partial charge in [0.1, 0.15) is 12.3 Å². The van der Waals surface area contributed by atoms with Gasteiger partial charge in [-0.25, -0.2) is 4.68 Å². The molecule has 2 heterocycles. The van der Waals surface area contributed by atoms with Gasteiger partial charge in [-0.15, -0.1) is 5.10 Å². The van der Waals surface area contributed by atoms with E-state index in [4.69, 9.17) is 0 Å². The SMILES string of the molecule is CCc1nnn2c1C(C=O)N(C)c1cccc3cccc-2c13. The lowest BCUT2D eigenvalue weighted by atomic mass is 10.1. The molecule has 1 aliphatic heterocycles. The molecule has 0 spiro atoms. The number of aromatic nitrogens is 3. The summed E-state index contributed by atoms with van der Waals surface area (Å²) in [5.41, 5.74) is 3.75. The van der Waals surface area contributed by atoms with Crippen molar-refractivity contribution in [1.82, 2.24) is 15.0 Å². The summed E-state index contributed by atoms with van der Waals surface area (Å²) in [4.78, 5) is 13.8. The fraction of sp³-hybridized carbons (Fsp3) is 0.235. The maximum atomic E-state index is 11.8. The second-order valence-corrected chi connectivity index (χ2v) is 5.53. The fourth-order valence-corrected chi connectivity index (χ4v) is 3.31. The highest BCUT2D eigenvalue weighted by atomic mass is 16.1. The van der Waals surface area contributed by atoms with Gasteiger partial charge in [-0.1, -0.05) is 36.4 Å². The van der Waals surface area contributed by atoms with Crippen molar-refractivity contribution < 1.29 is 4.79 Å². The van der Waals surface area contributed by atoms with Crippen LogP contribution in [0.3, 0.4) is 0 Å². The van der Waals surface area contributed by atoms with Crippen LogP contribution in [0.5, 0.6) is 0 Å². The smallest absolute Gasteiger partial charge is 0.148 e. The minimum absolute atomic E-state index is 0.386. The highest BCUT2D eigenvalue weighted by Crippen LogP contribution is 2.39. The number of fused-ring (bicyclic) bond motifs is 2. The van der Waals surface area contributed by atoms with Gasteiger partial charge >= 0.3 is 0 Å². The zero-order valence-electron chi connectivity index (χ0n) is 12.5. The van der Waals surface area contributed by atoms with E-state index in [2.05, 4.69) is 22.4 Å². The minimum Gasteiger partial charge on any atom is -0.359 e. The molecule has 0 fully saturated rings. The molecular weight excluding hydrogens is 276 g/mol. The van der Waals surface area contributed by atoms with Crippen LogP contribution in [-0.4, -0.2) is 28.3 Å². The van der Waals surface area contributed by atoms with Crippen LogP contribution in [0.25, 0.3) is 16.5 Å². The summed E-state index contributed by atoms with van der Waals surface area (Å²) >= 11 is 0. The molecule has 110 valence electrons. The number of hydrogen-bond donors (Lipinski definition) is 0. The number of nitrogens with zero attached hydrogens (tertiary/aromatic N) is 4. The average Bonchev–Trinajstić information content (AvgIpc) is 2.94. The maximum Gasteiger partial charge on any atom is 0.148 e. The van der Waals surface area contributed by atoms with E-state index in [9.17, 15) is 4.79 Å². The molecule has 5 nitrogen and oxygen atoms in total. The Labute approximate surface area is 128 Å². The first-order chi connectivity index (χ1) is 10.8. The van der Waals surface area contributed by atoms with E-state index in [1.807, 2.05) is 47.8 Å². The lowest BCUT2D eigenvalue weighted by Gasteiger charge is -2.25. The van der Waals surface area contributed by atoms with Crippen LogP contribution in [0.4, 0.5) is 5.69 Å². The van der Waals surface area contributed by atoms with Gasteiger partial charge < -0.3 is 9.69 Å². The Morgan fingerprint density at radius 2 is 1.91 bits per heavy atom. The van der Waals surface area contributed by atoms with Gasteiger partial charge in [-0.3, -0.25) is 0 Å². The Bertz CT molecular complexity index is 878. The third kappa shape index (κ3) is 1.56. The van der Waals surface area contributed by atoms with Crippen molar-refractivity contribution in [2.45, 2.75) is 19.4 Å². The molecule has 0 saturated heterocycles. The molecule has 0 saturated carbocycles. The van der Waals surface area contributed by atoms with Gasteiger partial charge in [0.15, 0.2) is 0 Å². The molecule has 22 heavy (non-hydrogen) atoms. The Hall–Kier alpha value is -2.69. The zero-order valence-corrected chi connectivity index (χ0v) is 12.5. The van der Waals surface area contributed by atoms with Gasteiger partial charge in [-0.05, 0) is 23.9 Å². The van der Waals surface area contributed by atoms with Gasteiger partial charge in [0.25, 0.3) is 0 Å². The maximum absolute atomic E-state index is 11.8. The second-order valence-electron chi connectivity index (χ2n) is 5.53. The Balaban J connectivity index is 2.17. The Kier molecular flexibility index (Phi) is 2.76. The molecule has 0 N–H and O–H groups in total.